The first kappa shape index (κ1) is 5.32. The van der Waals surface area contributed by atoms with Gasteiger partial charge in [-0.25, -0.2) is 0 Å². The van der Waals surface area contributed by atoms with Gasteiger partial charge in [0, 0.05) is 0 Å². The fourth-order valence-corrected chi connectivity index (χ4v) is 2.09. The monoisotopic (exact) mass is 115 g/mol. The van der Waals surface area contributed by atoms with Gasteiger partial charge >= 0.3 is 0 Å². The fraction of sp³-hybridized carbons (Fsp3) is 1.00. The van der Waals surface area contributed by atoms with Crippen LogP contribution in [0.3, 0.4) is 0 Å². The van der Waals surface area contributed by atoms with Gasteiger partial charge in [-0.3, -0.25) is 0 Å². The van der Waals surface area contributed by atoms with E-state index >= 15 is 0 Å². The van der Waals surface area contributed by atoms with Crippen molar-refractivity contribution in [2.24, 2.45) is 0 Å². The van der Waals surface area contributed by atoms with Crippen LogP contribution in [0.25, 0.3) is 0 Å². The van der Waals surface area contributed by atoms with E-state index in [1.807, 2.05) is 0 Å². The Hall–Kier alpha value is 0.177. The third-order valence-corrected chi connectivity index (χ3v) is 3.00. The van der Waals surface area contributed by atoms with Crippen LogP contribution >= 0.6 is 0 Å². The Morgan fingerprint density at radius 3 is 2.14 bits per heavy atom. The van der Waals surface area contributed by atoms with Crippen molar-refractivity contribution in [2.75, 3.05) is 0 Å². The second-order valence-electron chi connectivity index (χ2n) is 2.32. The summed E-state index contributed by atoms with van der Waals surface area (Å²) in [7, 11) is -0.860. The largest absolute Gasteiger partial charge is 0.306 e. The van der Waals surface area contributed by atoms with Crippen LogP contribution in [0, 0.1) is 0 Å². The van der Waals surface area contributed by atoms with Crippen LogP contribution in [0.1, 0.15) is 25.7 Å². The van der Waals surface area contributed by atoms with Gasteiger partial charge in [0.15, 0.2) is 0 Å². The van der Waals surface area contributed by atoms with Gasteiger partial charge in [-0.1, -0.05) is 25.7 Å². The molecule has 7 heavy (non-hydrogen) atoms. The molecular weight excluding hydrogens is 104 g/mol. The van der Waals surface area contributed by atoms with Crippen molar-refractivity contribution < 1.29 is 4.80 Å². The maximum Gasteiger partial charge on any atom is 0.210 e. The highest BCUT2D eigenvalue weighted by molar-refractivity contribution is 6.27. The first-order chi connectivity index (χ1) is 3.43. The van der Waals surface area contributed by atoms with E-state index in [9.17, 15) is 4.80 Å². The lowest BCUT2D eigenvalue weighted by Crippen LogP contribution is -1.93. The quantitative estimate of drug-likeness (QED) is 0.452. The normalized spacial score (nSPS) is 25.3. The number of hydrogen-bond donors (Lipinski definition) is 0. The molecule has 0 N–H and O–H groups in total. The van der Waals surface area contributed by atoms with Crippen molar-refractivity contribution in [1.29, 1.82) is 0 Å². The van der Waals surface area contributed by atoms with Crippen LogP contribution in [0.15, 0.2) is 0 Å². The summed E-state index contributed by atoms with van der Waals surface area (Å²) in [6.45, 7) is 0. The van der Waals surface area contributed by atoms with Crippen LogP contribution < -0.4 is 0 Å². The summed E-state index contributed by atoms with van der Waals surface area (Å²) in [6, 6.07) is 0. The van der Waals surface area contributed by atoms with Crippen LogP contribution in [0.4, 0.5) is 0 Å². The molecular formula is C5H11OSi. The zero-order chi connectivity index (χ0) is 5.11. The van der Waals surface area contributed by atoms with E-state index in [2.05, 4.69) is 0 Å². The van der Waals surface area contributed by atoms with Gasteiger partial charge < -0.3 is 4.80 Å². The second kappa shape index (κ2) is 2.48. The Kier molecular flexibility index (Phi) is 1.88. The summed E-state index contributed by atoms with van der Waals surface area (Å²) >= 11 is 0. The summed E-state index contributed by atoms with van der Waals surface area (Å²) in [5.74, 6) is 0. The van der Waals surface area contributed by atoms with Gasteiger partial charge in [-0.2, -0.15) is 0 Å². The molecule has 0 amide bonds. The topological polar surface area (TPSA) is 19.9 Å². The maximum absolute atomic E-state index is 10.3. The Bertz CT molecular complexity index is 50.0. The molecule has 1 rings (SSSR count). The van der Waals surface area contributed by atoms with E-state index in [-0.39, 0.29) is 0 Å². The highest BCUT2D eigenvalue weighted by atomic mass is 28.2. The van der Waals surface area contributed by atoms with Crippen molar-refractivity contribution in [1.82, 2.24) is 0 Å². The predicted octanol–water partition coefficient (Wildman–Crippen LogP) is 0.863. The molecule has 0 aliphatic heterocycles. The van der Waals surface area contributed by atoms with Crippen molar-refractivity contribution in [3.8, 4) is 0 Å². The molecule has 0 spiro atoms. The fourth-order valence-electron chi connectivity index (χ4n) is 1.18. The summed E-state index contributed by atoms with van der Waals surface area (Å²) in [4.78, 5) is 10.3. The average molecular weight is 115 g/mol. The Labute approximate surface area is 46.7 Å². The Morgan fingerprint density at radius 2 is 1.86 bits per heavy atom. The molecule has 0 unspecified atom stereocenters. The standard InChI is InChI=1S/C5H11OSi/c6-7-5-3-1-2-4-5/h5H,1-4,7H2. The third-order valence-electron chi connectivity index (χ3n) is 1.71. The molecule has 1 radical (unpaired) electrons. The molecule has 0 atom stereocenters. The first-order valence-electron chi connectivity index (χ1n) is 3.01. The summed E-state index contributed by atoms with van der Waals surface area (Å²) in [6.07, 6.45) is 5.19. The van der Waals surface area contributed by atoms with Crippen LogP contribution in [0.5, 0.6) is 0 Å². The zero-order valence-electron chi connectivity index (χ0n) is 4.52. The molecule has 0 heterocycles. The Balaban J connectivity index is 2.14. The van der Waals surface area contributed by atoms with Gasteiger partial charge in [0.2, 0.25) is 9.76 Å². The summed E-state index contributed by atoms with van der Waals surface area (Å²) < 4.78 is 0. The number of rotatable bonds is 1. The van der Waals surface area contributed by atoms with Crippen molar-refractivity contribution in [3.05, 3.63) is 0 Å². The first-order valence-corrected chi connectivity index (χ1v) is 4.41. The molecule has 2 heteroatoms. The van der Waals surface area contributed by atoms with E-state index in [0.717, 1.165) is 0 Å². The lowest BCUT2D eigenvalue weighted by molar-refractivity contribution is 0.457. The van der Waals surface area contributed by atoms with Gasteiger partial charge in [0.05, 0.1) is 0 Å². The lowest BCUT2D eigenvalue weighted by Gasteiger charge is -1.95. The molecule has 0 aromatic carbocycles. The smallest absolute Gasteiger partial charge is 0.210 e. The molecule has 41 valence electrons. The highest BCUT2D eigenvalue weighted by Gasteiger charge is 2.13. The predicted molar refractivity (Wildman–Crippen MR) is 31.4 cm³/mol. The molecule has 1 nitrogen and oxygen atoms in total. The summed E-state index contributed by atoms with van der Waals surface area (Å²) in [5.41, 5.74) is 0.681. The van der Waals surface area contributed by atoms with Crippen LogP contribution in [-0.4, -0.2) is 9.76 Å². The minimum atomic E-state index is -0.860. The van der Waals surface area contributed by atoms with E-state index in [1.54, 1.807) is 0 Å². The maximum atomic E-state index is 10.3. The van der Waals surface area contributed by atoms with Crippen LogP contribution in [-0.2, 0) is 4.80 Å². The molecule has 1 aliphatic rings. The van der Waals surface area contributed by atoms with Crippen LogP contribution in [0.2, 0.25) is 5.54 Å². The molecule has 0 aromatic rings. The van der Waals surface area contributed by atoms with Gasteiger partial charge in [-0.15, -0.1) is 0 Å². The molecule has 1 aliphatic carbocycles. The molecule has 0 saturated heterocycles. The highest BCUT2D eigenvalue weighted by Crippen LogP contribution is 2.28. The summed E-state index contributed by atoms with van der Waals surface area (Å²) in [5, 5.41) is 0. The molecule has 0 bridgehead atoms. The SMILES string of the molecule is [O][SiH2]C1CCCC1. The van der Waals surface area contributed by atoms with E-state index in [0.29, 0.717) is 5.54 Å². The molecule has 0 aromatic heterocycles. The molecule has 1 saturated carbocycles. The van der Waals surface area contributed by atoms with Crippen molar-refractivity contribution in [2.45, 2.75) is 31.2 Å². The lowest BCUT2D eigenvalue weighted by atomic mass is 10.4. The number of hydrogen-bond acceptors (Lipinski definition) is 0. The van der Waals surface area contributed by atoms with Gasteiger partial charge in [-0.05, 0) is 5.54 Å². The van der Waals surface area contributed by atoms with Gasteiger partial charge in [0.1, 0.15) is 0 Å². The minimum Gasteiger partial charge on any atom is -0.306 e. The second-order valence-corrected chi connectivity index (χ2v) is 3.81. The van der Waals surface area contributed by atoms with Gasteiger partial charge in [0.25, 0.3) is 0 Å². The molecule has 1 fully saturated rings. The van der Waals surface area contributed by atoms with Crippen molar-refractivity contribution in [3.63, 3.8) is 0 Å². The Morgan fingerprint density at radius 1 is 1.29 bits per heavy atom. The van der Waals surface area contributed by atoms with E-state index in [1.165, 1.54) is 25.7 Å². The zero-order valence-corrected chi connectivity index (χ0v) is 5.94. The average Bonchev–Trinajstić information content (AvgIpc) is 2.14. The van der Waals surface area contributed by atoms with E-state index < -0.39 is 9.76 Å². The van der Waals surface area contributed by atoms with E-state index in [4.69, 9.17) is 0 Å². The van der Waals surface area contributed by atoms with Crippen molar-refractivity contribution >= 4 is 9.76 Å². The minimum absolute atomic E-state index is 0.681. The third kappa shape index (κ3) is 1.28.